The van der Waals surface area contributed by atoms with Crippen molar-refractivity contribution in [1.82, 2.24) is 5.32 Å². The van der Waals surface area contributed by atoms with Crippen LogP contribution in [0.4, 0.5) is 0 Å². The minimum Gasteiger partial charge on any atom is -0.381 e. The van der Waals surface area contributed by atoms with Crippen molar-refractivity contribution in [3.63, 3.8) is 0 Å². The highest BCUT2D eigenvalue weighted by Crippen LogP contribution is 2.60. The lowest BCUT2D eigenvalue weighted by Gasteiger charge is -2.46. The van der Waals surface area contributed by atoms with Gasteiger partial charge in [-0.05, 0) is 68.5 Å². The van der Waals surface area contributed by atoms with Gasteiger partial charge in [-0.25, -0.2) is 0 Å². The van der Waals surface area contributed by atoms with Crippen LogP contribution in [-0.4, -0.2) is 30.6 Å². The Morgan fingerprint density at radius 3 is 2.71 bits per heavy atom. The summed E-state index contributed by atoms with van der Waals surface area (Å²) >= 11 is 5.46. The summed E-state index contributed by atoms with van der Waals surface area (Å²) in [5.74, 6) is 0. The Morgan fingerprint density at radius 2 is 2.08 bits per heavy atom. The molecule has 1 aliphatic heterocycles. The van der Waals surface area contributed by atoms with Gasteiger partial charge in [0.05, 0.1) is 17.2 Å². The van der Waals surface area contributed by atoms with Gasteiger partial charge in [0.2, 0.25) is 0 Å². The van der Waals surface area contributed by atoms with Crippen LogP contribution in [0.5, 0.6) is 0 Å². The third kappa shape index (κ3) is 2.35. The number of benzene rings is 1. The molecular weight excluding hydrogens is 384 g/mol. The number of halogens is 1. The maximum atomic E-state index is 5.64. The molecule has 1 N–H and O–H groups in total. The molecule has 0 aromatic heterocycles. The van der Waals surface area contributed by atoms with Crippen LogP contribution < -0.4 is 5.32 Å². The molecule has 1 saturated carbocycles. The highest BCUT2D eigenvalue weighted by molar-refractivity contribution is 9.10. The Bertz CT molecular complexity index is 684. The van der Waals surface area contributed by atoms with Gasteiger partial charge in [-0.1, -0.05) is 22.0 Å². The SMILES string of the molecule is COC1CCC2(CC1)Cc1ccc(Br)cc1[C@]21N=C(SC)[C@H](C)N1. The van der Waals surface area contributed by atoms with Crippen LogP contribution in [0.2, 0.25) is 0 Å². The number of nitrogens with one attached hydrogen (secondary N) is 1. The van der Waals surface area contributed by atoms with Gasteiger partial charge in [-0.2, -0.15) is 0 Å². The van der Waals surface area contributed by atoms with Crippen LogP contribution in [0.3, 0.4) is 0 Å². The van der Waals surface area contributed by atoms with E-state index in [1.807, 2.05) is 7.11 Å². The van der Waals surface area contributed by atoms with E-state index >= 15 is 0 Å². The predicted octanol–water partition coefficient (Wildman–Crippen LogP) is 4.49. The smallest absolute Gasteiger partial charge is 0.144 e. The molecule has 2 aliphatic carbocycles. The highest BCUT2D eigenvalue weighted by Gasteiger charge is 2.61. The van der Waals surface area contributed by atoms with E-state index in [0.717, 1.165) is 23.7 Å². The monoisotopic (exact) mass is 408 g/mol. The van der Waals surface area contributed by atoms with Gasteiger partial charge >= 0.3 is 0 Å². The summed E-state index contributed by atoms with van der Waals surface area (Å²) < 4.78 is 6.78. The van der Waals surface area contributed by atoms with E-state index in [-0.39, 0.29) is 11.1 Å². The van der Waals surface area contributed by atoms with Crippen LogP contribution >= 0.6 is 27.7 Å². The number of thioether (sulfide) groups is 1. The Labute approximate surface area is 157 Å². The van der Waals surface area contributed by atoms with E-state index in [0.29, 0.717) is 12.1 Å². The lowest BCUT2D eigenvalue weighted by molar-refractivity contribution is -0.0113. The number of methoxy groups -OCH3 is 1. The fraction of sp³-hybridized carbons (Fsp3) is 0.632. The quantitative estimate of drug-likeness (QED) is 0.742. The van der Waals surface area contributed by atoms with Crippen molar-refractivity contribution in [2.75, 3.05) is 13.4 Å². The number of aliphatic imine (C=N–C) groups is 1. The van der Waals surface area contributed by atoms with Crippen molar-refractivity contribution >= 4 is 32.7 Å². The first kappa shape index (κ1) is 17.1. The van der Waals surface area contributed by atoms with E-state index in [1.54, 1.807) is 11.8 Å². The minimum absolute atomic E-state index is 0.177. The molecule has 1 heterocycles. The molecular formula is C19H25BrN2OS. The second-order valence-corrected chi connectivity index (χ2v) is 9.17. The van der Waals surface area contributed by atoms with E-state index in [4.69, 9.17) is 9.73 Å². The Hall–Kier alpha value is -0.360. The Morgan fingerprint density at radius 1 is 1.33 bits per heavy atom. The summed E-state index contributed by atoms with van der Waals surface area (Å²) in [6.07, 6.45) is 8.27. The molecule has 5 heteroatoms. The zero-order valence-corrected chi connectivity index (χ0v) is 17.0. The topological polar surface area (TPSA) is 33.6 Å². The number of rotatable bonds is 1. The lowest BCUT2D eigenvalue weighted by Crippen LogP contribution is -2.53. The van der Waals surface area contributed by atoms with Gasteiger partial charge in [0.1, 0.15) is 5.66 Å². The average Bonchev–Trinajstić information content (AvgIpc) is 3.06. The molecule has 1 fully saturated rings. The first-order valence-corrected chi connectivity index (χ1v) is 10.8. The first-order valence-electron chi connectivity index (χ1n) is 8.77. The molecule has 3 nitrogen and oxygen atoms in total. The Balaban J connectivity index is 1.83. The second-order valence-electron chi connectivity index (χ2n) is 7.42. The molecule has 0 bridgehead atoms. The van der Waals surface area contributed by atoms with Crippen LogP contribution in [0.25, 0.3) is 0 Å². The van der Waals surface area contributed by atoms with E-state index in [2.05, 4.69) is 52.6 Å². The highest BCUT2D eigenvalue weighted by atomic mass is 79.9. The van der Waals surface area contributed by atoms with Crippen molar-refractivity contribution in [2.24, 2.45) is 10.4 Å². The third-order valence-electron chi connectivity index (χ3n) is 6.26. The van der Waals surface area contributed by atoms with E-state index in [9.17, 15) is 0 Å². The molecule has 0 amide bonds. The second kappa shape index (κ2) is 6.11. The number of hydrogen-bond acceptors (Lipinski definition) is 4. The number of fused-ring (bicyclic) bond motifs is 3. The molecule has 4 rings (SSSR count). The molecule has 2 atom stereocenters. The van der Waals surface area contributed by atoms with Crippen molar-refractivity contribution in [3.05, 3.63) is 33.8 Å². The van der Waals surface area contributed by atoms with Crippen molar-refractivity contribution in [1.29, 1.82) is 0 Å². The normalized spacial score (nSPS) is 37.9. The van der Waals surface area contributed by atoms with Gasteiger partial charge < -0.3 is 4.74 Å². The molecule has 130 valence electrons. The largest absolute Gasteiger partial charge is 0.381 e. The number of ether oxygens (including phenoxy) is 1. The first-order chi connectivity index (χ1) is 11.5. The number of hydrogen-bond donors (Lipinski definition) is 1. The molecule has 0 unspecified atom stereocenters. The van der Waals surface area contributed by atoms with Crippen LogP contribution in [0.1, 0.15) is 43.7 Å². The molecule has 1 aromatic carbocycles. The van der Waals surface area contributed by atoms with Crippen molar-refractivity contribution in [3.8, 4) is 0 Å². The maximum Gasteiger partial charge on any atom is 0.144 e. The lowest BCUT2D eigenvalue weighted by atomic mass is 9.65. The fourth-order valence-electron chi connectivity index (χ4n) is 5.04. The molecule has 2 spiro atoms. The zero-order valence-electron chi connectivity index (χ0n) is 14.6. The predicted molar refractivity (Wildman–Crippen MR) is 105 cm³/mol. The molecule has 0 radical (unpaired) electrons. The summed E-state index contributed by atoms with van der Waals surface area (Å²) in [7, 11) is 1.85. The summed E-state index contributed by atoms with van der Waals surface area (Å²) in [6.45, 7) is 2.24. The maximum absolute atomic E-state index is 5.64. The van der Waals surface area contributed by atoms with Crippen molar-refractivity contribution in [2.45, 2.75) is 56.8 Å². The molecule has 1 aromatic rings. The Kier molecular flexibility index (Phi) is 4.35. The fourth-order valence-corrected chi connectivity index (χ4v) is 6.04. The summed E-state index contributed by atoms with van der Waals surface area (Å²) in [5, 5.41) is 5.15. The van der Waals surface area contributed by atoms with Gasteiger partial charge in [-0.15, -0.1) is 11.8 Å². The average molecular weight is 409 g/mol. The number of nitrogens with zero attached hydrogens (tertiary/aromatic N) is 1. The van der Waals surface area contributed by atoms with Gasteiger partial charge in [-0.3, -0.25) is 10.3 Å². The van der Waals surface area contributed by atoms with E-state index < -0.39 is 0 Å². The molecule has 0 saturated heterocycles. The third-order valence-corrected chi connectivity index (χ3v) is 7.62. The minimum atomic E-state index is -0.261. The van der Waals surface area contributed by atoms with Crippen molar-refractivity contribution < 1.29 is 4.74 Å². The zero-order chi connectivity index (χ0) is 16.9. The summed E-state index contributed by atoms with van der Waals surface area (Å²) in [4.78, 5) is 5.34. The summed E-state index contributed by atoms with van der Waals surface area (Å²) in [5.41, 5.74) is 2.75. The molecule has 24 heavy (non-hydrogen) atoms. The molecule has 3 aliphatic rings. The van der Waals surface area contributed by atoms with Gasteiger partial charge in [0, 0.05) is 17.0 Å². The van der Waals surface area contributed by atoms with Crippen LogP contribution in [0, 0.1) is 5.41 Å². The van der Waals surface area contributed by atoms with Crippen LogP contribution in [0.15, 0.2) is 27.7 Å². The van der Waals surface area contributed by atoms with Gasteiger partial charge in [0.15, 0.2) is 0 Å². The van der Waals surface area contributed by atoms with E-state index in [1.165, 1.54) is 29.0 Å². The standard InChI is InChI=1S/C19H25BrN2OS/c1-12-17(24-3)22-19(21-12)16-10-14(20)5-4-13(16)11-18(19)8-6-15(23-2)7-9-18/h4-5,10,12,15,21H,6-9,11H2,1-3H3/t12-,15?,18?,19-/m0/s1. The van der Waals surface area contributed by atoms with Crippen LogP contribution in [-0.2, 0) is 16.8 Å². The summed E-state index contributed by atoms with van der Waals surface area (Å²) in [6, 6.07) is 7.07. The van der Waals surface area contributed by atoms with Gasteiger partial charge in [0.25, 0.3) is 0 Å².